The summed E-state index contributed by atoms with van der Waals surface area (Å²) in [6.07, 6.45) is 6.18. The van der Waals surface area contributed by atoms with Gasteiger partial charge in [-0.2, -0.15) is 0 Å². The van der Waals surface area contributed by atoms with Gasteiger partial charge in [-0.05, 0) is 33.7 Å². The van der Waals surface area contributed by atoms with Gasteiger partial charge in [0.2, 0.25) is 0 Å². The lowest BCUT2D eigenvalue weighted by atomic mass is 10.1. The lowest BCUT2D eigenvalue weighted by molar-refractivity contribution is 0.0157. The fourth-order valence-electron chi connectivity index (χ4n) is 0.751. The SMILES string of the molecule is C#CC(C)NCCC(C)(C)OC. The zero-order valence-corrected chi connectivity index (χ0v) is 8.48. The van der Waals surface area contributed by atoms with Crippen LogP contribution in [0.2, 0.25) is 0 Å². The molecule has 0 heterocycles. The number of hydrogen-bond acceptors (Lipinski definition) is 2. The van der Waals surface area contributed by atoms with Gasteiger partial charge in [-0.3, -0.25) is 0 Å². The zero-order valence-electron chi connectivity index (χ0n) is 8.48. The number of ether oxygens (including phenoxy) is 1. The second kappa shape index (κ2) is 5.18. The highest BCUT2D eigenvalue weighted by Gasteiger charge is 2.15. The Morgan fingerprint density at radius 1 is 1.58 bits per heavy atom. The molecule has 1 atom stereocenters. The summed E-state index contributed by atoms with van der Waals surface area (Å²) < 4.78 is 5.26. The van der Waals surface area contributed by atoms with Crippen molar-refractivity contribution in [3.05, 3.63) is 0 Å². The van der Waals surface area contributed by atoms with Gasteiger partial charge < -0.3 is 10.1 Å². The number of rotatable bonds is 5. The van der Waals surface area contributed by atoms with Crippen LogP contribution in [-0.4, -0.2) is 25.3 Å². The number of terminal acetylenes is 1. The molecule has 0 aromatic rings. The molecule has 0 aromatic heterocycles. The molecule has 2 nitrogen and oxygen atoms in total. The van der Waals surface area contributed by atoms with Crippen LogP contribution < -0.4 is 5.32 Å². The molecule has 0 fully saturated rings. The average molecular weight is 169 g/mol. The zero-order chi connectivity index (χ0) is 9.61. The first kappa shape index (κ1) is 11.5. The molecule has 0 aliphatic rings. The lowest BCUT2D eigenvalue weighted by Gasteiger charge is -2.23. The summed E-state index contributed by atoms with van der Waals surface area (Å²) in [6, 6.07) is 0.151. The summed E-state index contributed by atoms with van der Waals surface area (Å²) in [7, 11) is 1.73. The largest absolute Gasteiger partial charge is 0.379 e. The molecular formula is C10H19NO. The quantitative estimate of drug-likeness (QED) is 0.628. The van der Waals surface area contributed by atoms with E-state index in [0.29, 0.717) is 0 Å². The molecule has 1 unspecified atom stereocenters. The van der Waals surface area contributed by atoms with E-state index in [1.54, 1.807) is 7.11 Å². The predicted molar refractivity (Wildman–Crippen MR) is 52.0 cm³/mol. The summed E-state index contributed by atoms with van der Waals surface area (Å²) >= 11 is 0. The van der Waals surface area contributed by atoms with Gasteiger partial charge in [-0.15, -0.1) is 6.42 Å². The van der Waals surface area contributed by atoms with Gasteiger partial charge >= 0.3 is 0 Å². The standard InChI is InChI=1S/C10H19NO/c1-6-9(2)11-8-7-10(3,4)12-5/h1,9,11H,7-8H2,2-5H3. The third-order valence-electron chi connectivity index (χ3n) is 1.98. The molecule has 0 saturated heterocycles. The van der Waals surface area contributed by atoms with Crippen molar-refractivity contribution in [2.24, 2.45) is 0 Å². The van der Waals surface area contributed by atoms with Gasteiger partial charge in [-0.1, -0.05) is 5.92 Å². The Labute approximate surface area is 75.7 Å². The van der Waals surface area contributed by atoms with Crippen molar-refractivity contribution < 1.29 is 4.74 Å². The highest BCUT2D eigenvalue weighted by atomic mass is 16.5. The Morgan fingerprint density at radius 3 is 2.58 bits per heavy atom. The average Bonchev–Trinajstić information content (AvgIpc) is 2.04. The van der Waals surface area contributed by atoms with E-state index in [1.807, 2.05) is 6.92 Å². The first-order valence-corrected chi connectivity index (χ1v) is 4.26. The molecule has 70 valence electrons. The van der Waals surface area contributed by atoms with Crippen molar-refractivity contribution in [3.8, 4) is 12.3 Å². The number of hydrogen-bond donors (Lipinski definition) is 1. The van der Waals surface area contributed by atoms with E-state index in [9.17, 15) is 0 Å². The van der Waals surface area contributed by atoms with Crippen molar-refractivity contribution in [3.63, 3.8) is 0 Å². The van der Waals surface area contributed by atoms with E-state index in [-0.39, 0.29) is 11.6 Å². The summed E-state index contributed by atoms with van der Waals surface area (Å²) in [4.78, 5) is 0. The lowest BCUT2D eigenvalue weighted by Crippen LogP contribution is -2.32. The number of methoxy groups -OCH3 is 1. The normalized spacial score (nSPS) is 13.9. The summed E-state index contributed by atoms with van der Waals surface area (Å²) in [6.45, 7) is 7.00. The molecule has 0 spiro atoms. The third-order valence-corrected chi connectivity index (χ3v) is 1.98. The van der Waals surface area contributed by atoms with Gasteiger partial charge in [-0.25, -0.2) is 0 Å². The Bertz CT molecular complexity index is 158. The summed E-state index contributed by atoms with van der Waals surface area (Å²) in [5.41, 5.74) is -0.0542. The van der Waals surface area contributed by atoms with Crippen LogP contribution in [0, 0.1) is 12.3 Å². The van der Waals surface area contributed by atoms with Crippen molar-refractivity contribution in [1.82, 2.24) is 5.32 Å². The van der Waals surface area contributed by atoms with E-state index in [4.69, 9.17) is 11.2 Å². The Hall–Kier alpha value is -0.520. The second-order valence-electron chi connectivity index (χ2n) is 3.56. The van der Waals surface area contributed by atoms with Crippen LogP contribution in [0.25, 0.3) is 0 Å². The van der Waals surface area contributed by atoms with Gasteiger partial charge in [0.05, 0.1) is 11.6 Å². The fraction of sp³-hybridized carbons (Fsp3) is 0.800. The molecule has 0 rings (SSSR count). The van der Waals surface area contributed by atoms with Crippen LogP contribution in [0.4, 0.5) is 0 Å². The van der Waals surface area contributed by atoms with Gasteiger partial charge in [0, 0.05) is 7.11 Å². The molecule has 2 heteroatoms. The molecule has 0 bridgehead atoms. The Balaban J connectivity index is 3.51. The van der Waals surface area contributed by atoms with E-state index in [0.717, 1.165) is 13.0 Å². The minimum Gasteiger partial charge on any atom is -0.379 e. The molecule has 0 aromatic carbocycles. The van der Waals surface area contributed by atoms with E-state index in [2.05, 4.69) is 25.1 Å². The smallest absolute Gasteiger partial charge is 0.0658 e. The highest BCUT2D eigenvalue weighted by molar-refractivity contribution is 4.95. The van der Waals surface area contributed by atoms with Crippen LogP contribution in [-0.2, 0) is 4.74 Å². The minimum atomic E-state index is -0.0542. The van der Waals surface area contributed by atoms with Gasteiger partial charge in [0.15, 0.2) is 0 Å². The van der Waals surface area contributed by atoms with E-state index >= 15 is 0 Å². The van der Waals surface area contributed by atoms with Crippen LogP contribution in [0.5, 0.6) is 0 Å². The molecule has 0 aliphatic heterocycles. The maximum atomic E-state index is 5.26. The van der Waals surface area contributed by atoms with Gasteiger partial charge in [0.25, 0.3) is 0 Å². The van der Waals surface area contributed by atoms with Crippen molar-refractivity contribution >= 4 is 0 Å². The molecular weight excluding hydrogens is 150 g/mol. The van der Waals surface area contributed by atoms with Crippen molar-refractivity contribution in [1.29, 1.82) is 0 Å². The van der Waals surface area contributed by atoms with E-state index in [1.165, 1.54) is 0 Å². The van der Waals surface area contributed by atoms with Crippen molar-refractivity contribution in [2.75, 3.05) is 13.7 Å². The van der Waals surface area contributed by atoms with E-state index < -0.39 is 0 Å². The summed E-state index contributed by atoms with van der Waals surface area (Å²) in [5.74, 6) is 2.62. The second-order valence-corrected chi connectivity index (χ2v) is 3.56. The maximum absolute atomic E-state index is 5.26. The molecule has 0 saturated carbocycles. The topological polar surface area (TPSA) is 21.3 Å². The van der Waals surface area contributed by atoms with Crippen LogP contribution in [0.15, 0.2) is 0 Å². The predicted octanol–water partition coefficient (Wildman–Crippen LogP) is 1.41. The molecule has 0 aliphatic carbocycles. The highest BCUT2D eigenvalue weighted by Crippen LogP contribution is 2.11. The van der Waals surface area contributed by atoms with Crippen LogP contribution in [0.3, 0.4) is 0 Å². The van der Waals surface area contributed by atoms with Gasteiger partial charge in [0.1, 0.15) is 0 Å². The number of nitrogens with one attached hydrogen (secondary N) is 1. The molecule has 0 radical (unpaired) electrons. The Morgan fingerprint density at radius 2 is 2.17 bits per heavy atom. The molecule has 1 N–H and O–H groups in total. The first-order valence-electron chi connectivity index (χ1n) is 4.26. The fourth-order valence-corrected chi connectivity index (χ4v) is 0.751. The molecule has 12 heavy (non-hydrogen) atoms. The Kier molecular flexibility index (Phi) is 4.96. The van der Waals surface area contributed by atoms with Crippen LogP contribution in [0.1, 0.15) is 27.2 Å². The monoisotopic (exact) mass is 169 g/mol. The first-order chi connectivity index (χ1) is 5.52. The minimum absolute atomic E-state index is 0.0542. The third kappa shape index (κ3) is 5.17. The molecule has 0 amide bonds. The summed E-state index contributed by atoms with van der Waals surface area (Å²) in [5, 5.41) is 3.21. The maximum Gasteiger partial charge on any atom is 0.0658 e. The van der Waals surface area contributed by atoms with Crippen molar-refractivity contribution in [2.45, 2.75) is 38.8 Å². The van der Waals surface area contributed by atoms with Crippen LogP contribution >= 0.6 is 0 Å².